The number of aryl methyl sites for hydroxylation is 1. The first-order chi connectivity index (χ1) is 7.55. The van der Waals surface area contributed by atoms with E-state index in [-0.39, 0.29) is 5.54 Å². The molecule has 1 nitrogen and oxygen atoms in total. The van der Waals surface area contributed by atoms with Crippen molar-refractivity contribution in [2.75, 3.05) is 0 Å². The van der Waals surface area contributed by atoms with Gasteiger partial charge in [-0.25, -0.2) is 0 Å². The van der Waals surface area contributed by atoms with Gasteiger partial charge in [0.25, 0.3) is 0 Å². The fourth-order valence-electron chi connectivity index (χ4n) is 3.18. The summed E-state index contributed by atoms with van der Waals surface area (Å²) in [6.45, 7) is 6.83. The minimum absolute atomic E-state index is 0.108. The van der Waals surface area contributed by atoms with Gasteiger partial charge in [-0.2, -0.15) is 0 Å². The molecule has 0 spiro atoms. The highest BCUT2D eigenvalue weighted by atomic mass is 14.8. The van der Waals surface area contributed by atoms with E-state index in [9.17, 15) is 0 Å². The summed E-state index contributed by atoms with van der Waals surface area (Å²) in [5, 5.41) is 0. The fourth-order valence-corrected chi connectivity index (χ4v) is 3.18. The van der Waals surface area contributed by atoms with E-state index in [1.807, 2.05) is 0 Å². The lowest BCUT2D eigenvalue weighted by atomic mass is 9.65. The average molecular weight is 217 g/mol. The van der Waals surface area contributed by atoms with Gasteiger partial charge in [-0.05, 0) is 36.3 Å². The molecule has 88 valence electrons. The summed E-state index contributed by atoms with van der Waals surface area (Å²) >= 11 is 0. The predicted octanol–water partition coefficient (Wildman–Crippen LogP) is 3.61. The monoisotopic (exact) mass is 217 g/mol. The lowest BCUT2D eigenvalue weighted by Gasteiger charge is -2.44. The molecule has 1 fully saturated rings. The maximum Gasteiger partial charge on any atom is 0.0440 e. The quantitative estimate of drug-likeness (QED) is 0.764. The summed E-state index contributed by atoms with van der Waals surface area (Å²) in [6.07, 6.45) is 3.71. The normalized spacial score (nSPS) is 35.0. The maximum absolute atomic E-state index is 6.72. The van der Waals surface area contributed by atoms with Crippen molar-refractivity contribution in [2.24, 2.45) is 17.6 Å². The molecule has 0 radical (unpaired) electrons. The van der Waals surface area contributed by atoms with Crippen molar-refractivity contribution in [1.29, 1.82) is 0 Å². The van der Waals surface area contributed by atoms with Crippen LogP contribution < -0.4 is 5.73 Å². The molecule has 0 amide bonds. The summed E-state index contributed by atoms with van der Waals surface area (Å²) < 4.78 is 0. The third kappa shape index (κ3) is 1.78. The van der Waals surface area contributed by atoms with E-state index in [2.05, 4.69) is 45.0 Å². The summed E-state index contributed by atoms with van der Waals surface area (Å²) in [5.74, 6) is 1.31. The van der Waals surface area contributed by atoms with E-state index < -0.39 is 0 Å². The first-order valence-electron chi connectivity index (χ1n) is 6.40. The number of nitrogens with two attached hydrogens (primary N) is 1. The number of hydrogen-bond acceptors (Lipinski definition) is 1. The topological polar surface area (TPSA) is 26.0 Å². The molecule has 1 aromatic rings. The second kappa shape index (κ2) is 4.21. The molecule has 1 heteroatoms. The molecule has 0 bridgehead atoms. The van der Waals surface area contributed by atoms with Crippen LogP contribution in [-0.2, 0) is 5.54 Å². The molecule has 0 aliphatic heterocycles. The minimum Gasteiger partial charge on any atom is -0.321 e. The van der Waals surface area contributed by atoms with Gasteiger partial charge < -0.3 is 5.73 Å². The molecule has 16 heavy (non-hydrogen) atoms. The standard InChI is InChI=1S/C15H23N/c1-11-8-6-10-15(16,13(11)3)14-9-5-4-7-12(14)2/h4-5,7,9,11,13H,6,8,10,16H2,1-3H3. The Labute approximate surface area is 99.0 Å². The van der Waals surface area contributed by atoms with Crippen LogP contribution in [0.3, 0.4) is 0 Å². The highest BCUT2D eigenvalue weighted by molar-refractivity contribution is 5.33. The van der Waals surface area contributed by atoms with E-state index in [1.165, 1.54) is 24.0 Å². The van der Waals surface area contributed by atoms with Crippen LogP contribution >= 0.6 is 0 Å². The molecule has 0 aromatic heterocycles. The summed E-state index contributed by atoms with van der Waals surface area (Å²) in [5.41, 5.74) is 9.30. The third-order valence-corrected chi connectivity index (χ3v) is 4.56. The van der Waals surface area contributed by atoms with E-state index in [4.69, 9.17) is 5.73 Å². The number of benzene rings is 1. The Morgan fingerprint density at radius 1 is 1.25 bits per heavy atom. The molecule has 1 saturated carbocycles. The second-order valence-corrected chi connectivity index (χ2v) is 5.51. The van der Waals surface area contributed by atoms with E-state index >= 15 is 0 Å². The Balaban J connectivity index is 2.41. The molecule has 2 N–H and O–H groups in total. The third-order valence-electron chi connectivity index (χ3n) is 4.56. The zero-order valence-electron chi connectivity index (χ0n) is 10.7. The Morgan fingerprint density at radius 3 is 2.62 bits per heavy atom. The first kappa shape index (κ1) is 11.7. The Hall–Kier alpha value is -0.820. The van der Waals surface area contributed by atoms with Crippen LogP contribution in [0.25, 0.3) is 0 Å². The van der Waals surface area contributed by atoms with Crippen LogP contribution in [0.4, 0.5) is 0 Å². The highest BCUT2D eigenvalue weighted by Gasteiger charge is 2.40. The van der Waals surface area contributed by atoms with Crippen molar-refractivity contribution < 1.29 is 0 Å². The van der Waals surface area contributed by atoms with Gasteiger partial charge in [-0.15, -0.1) is 0 Å². The smallest absolute Gasteiger partial charge is 0.0440 e. The molecule has 0 heterocycles. The van der Waals surface area contributed by atoms with Crippen molar-refractivity contribution in [2.45, 2.75) is 45.6 Å². The van der Waals surface area contributed by atoms with Crippen molar-refractivity contribution in [3.05, 3.63) is 35.4 Å². The maximum atomic E-state index is 6.72. The van der Waals surface area contributed by atoms with Crippen LogP contribution in [-0.4, -0.2) is 0 Å². The lowest BCUT2D eigenvalue weighted by molar-refractivity contribution is 0.143. The molecule has 3 unspecified atom stereocenters. The lowest BCUT2D eigenvalue weighted by Crippen LogP contribution is -2.48. The molecule has 1 aliphatic carbocycles. The predicted molar refractivity (Wildman–Crippen MR) is 69.2 cm³/mol. The summed E-state index contributed by atoms with van der Waals surface area (Å²) in [4.78, 5) is 0. The SMILES string of the molecule is Cc1ccccc1C1(N)CCCC(C)C1C. The molecule has 0 saturated heterocycles. The zero-order valence-corrected chi connectivity index (χ0v) is 10.7. The van der Waals surface area contributed by atoms with Gasteiger partial charge in [-0.1, -0.05) is 51.0 Å². The molecular weight excluding hydrogens is 194 g/mol. The number of hydrogen-bond donors (Lipinski definition) is 1. The van der Waals surface area contributed by atoms with Gasteiger partial charge in [0, 0.05) is 5.54 Å². The van der Waals surface area contributed by atoms with Gasteiger partial charge in [0.15, 0.2) is 0 Å². The van der Waals surface area contributed by atoms with Crippen LogP contribution in [0, 0.1) is 18.8 Å². The Kier molecular flexibility index (Phi) is 3.07. The summed E-state index contributed by atoms with van der Waals surface area (Å²) in [6, 6.07) is 8.60. The second-order valence-electron chi connectivity index (χ2n) is 5.51. The fraction of sp³-hybridized carbons (Fsp3) is 0.600. The Bertz CT molecular complexity index is 371. The highest BCUT2D eigenvalue weighted by Crippen LogP contribution is 2.43. The first-order valence-corrected chi connectivity index (χ1v) is 6.40. The largest absolute Gasteiger partial charge is 0.321 e. The van der Waals surface area contributed by atoms with Gasteiger partial charge >= 0.3 is 0 Å². The van der Waals surface area contributed by atoms with Crippen molar-refractivity contribution in [1.82, 2.24) is 0 Å². The van der Waals surface area contributed by atoms with E-state index in [0.717, 1.165) is 12.3 Å². The van der Waals surface area contributed by atoms with Crippen LogP contribution in [0.1, 0.15) is 44.2 Å². The van der Waals surface area contributed by atoms with Crippen LogP contribution in [0.15, 0.2) is 24.3 Å². The number of rotatable bonds is 1. The van der Waals surface area contributed by atoms with Crippen LogP contribution in [0.5, 0.6) is 0 Å². The molecular formula is C15H23N. The molecule has 2 rings (SSSR count). The van der Waals surface area contributed by atoms with E-state index in [1.54, 1.807) is 0 Å². The van der Waals surface area contributed by atoms with Gasteiger partial charge in [0.2, 0.25) is 0 Å². The van der Waals surface area contributed by atoms with Gasteiger partial charge in [0.1, 0.15) is 0 Å². The summed E-state index contributed by atoms with van der Waals surface area (Å²) in [7, 11) is 0. The van der Waals surface area contributed by atoms with Crippen molar-refractivity contribution in [3.63, 3.8) is 0 Å². The van der Waals surface area contributed by atoms with Gasteiger partial charge in [0.05, 0.1) is 0 Å². The minimum atomic E-state index is -0.108. The Morgan fingerprint density at radius 2 is 1.94 bits per heavy atom. The van der Waals surface area contributed by atoms with Crippen molar-refractivity contribution >= 4 is 0 Å². The van der Waals surface area contributed by atoms with Crippen LogP contribution in [0.2, 0.25) is 0 Å². The van der Waals surface area contributed by atoms with Gasteiger partial charge in [-0.3, -0.25) is 0 Å². The van der Waals surface area contributed by atoms with Crippen molar-refractivity contribution in [3.8, 4) is 0 Å². The molecule has 3 atom stereocenters. The average Bonchev–Trinajstić information content (AvgIpc) is 2.26. The zero-order chi connectivity index (χ0) is 11.8. The molecule has 1 aliphatic rings. The van der Waals surface area contributed by atoms with E-state index in [0.29, 0.717) is 5.92 Å². The molecule has 1 aromatic carbocycles.